The number of hydrogen-bond acceptors (Lipinski definition) is 9. The third-order valence-corrected chi connectivity index (χ3v) is 10.1. The van der Waals surface area contributed by atoms with Crippen LogP contribution in [0.2, 0.25) is 0 Å². The Morgan fingerprint density at radius 2 is 1.72 bits per heavy atom. The average molecular weight is 661 g/mol. The lowest BCUT2D eigenvalue weighted by molar-refractivity contribution is -0.387. The summed E-state index contributed by atoms with van der Waals surface area (Å²) in [4.78, 5) is 49.8. The lowest BCUT2D eigenvalue weighted by atomic mass is 9.75. The van der Waals surface area contributed by atoms with E-state index in [-0.39, 0.29) is 49.5 Å². The minimum Gasteiger partial charge on any atom is -0.492 e. The molecule has 46 heavy (non-hydrogen) atoms. The van der Waals surface area contributed by atoms with E-state index in [1.165, 1.54) is 40.7 Å². The minimum atomic E-state index is -4.29. The lowest BCUT2D eigenvalue weighted by Gasteiger charge is -2.42. The smallest absolute Gasteiger partial charge is 0.410 e. The third-order valence-electron chi connectivity index (χ3n) is 8.15. The fourth-order valence-corrected chi connectivity index (χ4v) is 7.33. The molecular weight excluding hydrogens is 620 g/mol. The number of amides is 2. The molecule has 2 aliphatic heterocycles. The van der Waals surface area contributed by atoms with Crippen molar-refractivity contribution in [2.24, 2.45) is 5.41 Å². The SMILES string of the molecule is CC(C)(C)OC(=O)N1CCC2(CCCN(S(=O)(=O)c3ccccc3[N+](=O)[O-])CCCNC(=O)c3cc(C(=O)O)ccc3OC2)CC1. The highest BCUT2D eigenvalue weighted by molar-refractivity contribution is 7.89. The number of carbonyl (C=O) groups is 3. The summed E-state index contributed by atoms with van der Waals surface area (Å²) in [7, 11) is -4.29. The summed E-state index contributed by atoms with van der Waals surface area (Å²) >= 11 is 0. The first-order valence-corrected chi connectivity index (χ1v) is 16.6. The Bertz CT molecular complexity index is 1580. The van der Waals surface area contributed by atoms with Gasteiger partial charge in [0.15, 0.2) is 4.90 Å². The van der Waals surface area contributed by atoms with Gasteiger partial charge >= 0.3 is 12.1 Å². The number of fused-ring (bicyclic) bond motifs is 1. The summed E-state index contributed by atoms with van der Waals surface area (Å²) in [5, 5.41) is 23.9. The van der Waals surface area contributed by atoms with Gasteiger partial charge in [-0.2, -0.15) is 4.31 Å². The van der Waals surface area contributed by atoms with Gasteiger partial charge in [-0.1, -0.05) is 12.1 Å². The summed E-state index contributed by atoms with van der Waals surface area (Å²) in [5.41, 5.74) is -1.79. The van der Waals surface area contributed by atoms with Gasteiger partial charge in [0.1, 0.15) is 11.4 Å². The zero-order chi connectivity index (χ0) is 33.7. The van der Waals surface area contributed by atoms with Crippen molar-refractivity contribution in [2.45, 2.75) is 63.4 Å². The number of nitro benzene ring substituents is 1. The van der Waals surface area contributed by atoms with Gasteiger partial charge in [0.05, 0.1) is 22.7 Å². The normalized spacial score (nSPS) is 18.4. The van der Waals surface area contributed by atoms with E-state index in [0.29, 0.717) is 38.8 Å². The molecule has 2 aliphatic rings. The zero-order valence-corrected chi connectivity index (χ0v) is 27.0. The van der Waals surface area contributed by atoms with Crippen LogP contribution in [-0.2, 0) is 14.8 Å². The molecule has 250 valence electrons. The molecule has 2 N–H and O–H groups in total. The molecular formula is C31H40N4O10S. The second-order valence-corrected chi connectivity index (χ2v) is 14.5. The summed E-state index contributed by atoms with van der Waals surface area (Å²) in [6.45, 7) is 6.31. The Balaban J connectivity index is 1.65. The molecule has 2 amide bonds. The molecule has 0 saturated carbocycles. The van der Waals surface area contributed by atoms with Crippen LogP contribution in [0.4, 0.5) is 10.5 Å². The minimum absolute atomic E-state index is 0.0212. The molecule has 0 unspecified atom stereocenters. The summed E-state index contributed by atoms with van der Waals surface area (Å²) in [6.07, 6.45) is 1.64. The van der Waals surface area contributed by atoms with E-state index in [9.17, 15) is 38.0 Å². The number of hydrogen-bond donors (Lipinski definition) is 2. The van der Waals surface area contributed by atoms with E-state index >= 15 is 0 Å². The quantitative estimate of drug-likeness (QED) is 0.354. The number of likely N-dealkylation sites (tertiary alicyclic amines) is 1. The predicted molar refractivity (Wildman–Crippen MR) is 166 cm³/mol. The second kappa shape index (κ2) is 14.0. The van der Waals surface area contributed by atoms with Gasteiger partial charge in [-0.25, -0.2) is 18.0 Å². The van der Waals surface area contributed by atoms with Crippen LogP contribution in [0, 0.1) is 15.5 Å². The summed E-state index contributed by atoms with van der Waals surface area (Å²) in [6, 6.07) is 9.23. The van der Waals surface area contributed by atoms with Crippen LogP contribution in [0.1, 0.15) is 73.6 Å². The monoisotopic (exact) mass is 660 g/mol. The Kier molecular flexibility index (Phi) is 10.6. The summed E-state index contributed by atoms with van der Waals surface area (Å²) < 4.78 is 40.5. The van der Waals surface area contributed by atoms with E-state index in [1.807, 2.05) is 0 Å². The Morgan fingerprint density at radius 1 is 1.04 bits per heavy atom. The lowest BCUT2D eigenvalue weighted by Crippen LogP contribution is -2.47. The first-order valence-electron chi connectivity index (χ1n) is 15.1. The Morgan fingerprint density at radius 3 is 2.37 bits per heavy atom. The molecule has 1 spiro atoms. The van der Waals surface area contributed by atoms with Crippen LogP contribution in [0.5, 0.6) is 5.75 Å². The number of benzene rings is 2. The highest BCUT2D eigenvalue weighted by Crippen LogP contribution is 2.38. The molecule has 15 heteroatoms. The van der Waals surface area contributed by atoms with Gasteiger partial charge in [-0.15, -0.1) is 0 Å². The van der Waals surface area contributed by atoms with Crippen LogP contribution in [0.15, 0.2) is 47.4 Å². The van der Waals surface area contributed by atoms with Gasteiger partial charge < -0.3 is 24.8 Å². The number of para-hydroxylation sites is 1. The van der Waals surface area contributed by atoms with Gasteiger partial charge in [-0.05, 0) is 77.1 Å². The van der Waals surface area contributed by atoms with Crippen LogP contribution in [0.25, 0.3) is 0 Å². The number of aromatic carboxylic acids is 1. The predicted octanol–water partition coefficient (Wildman–Crippen LogP) is 4.29. The van der Waals surface area contributed by atoms with Gasteiger partial charge in [0, 0.05) is 44.2 Å². The molecule has 0 aromatic heterocycles. The number of carboxylic acid groups (broad SMARTS) is 1. The third kappa shape index (κ3) is 8.31. The molecule has 0 bridgehead atoms. The maximum absolute atomic E-state index is 13.8. The van der Waals surface area contributed by atoms with Gasteiger partial charge in [-0.3, -0.25) is 14.9 Å². The molecule has 0 atom stereocenters. The van der Waals surface area contributed by atoms with E-state index < -0.39 is 54.5 Å². The van der Waals surface area contributed by atoms with Crippen molar-refractivity contribution in [1.29, 1.82) is 0 Å². The van der Waals surface area contributed by atoms with E-state index in [2.05, 4.69) is 5.32 Å². The highest BCUT2D eigenvalue weighted by atomic mass is 32.2. The molecule has 2 heterocycles. The maximum Gasteiger partial charge on any atom is 0.410 e. The highest BCUT2D eigenvalue weighted by Gasteiger charge is 2.39. The zero-order valence-electron chi connectivity index (χ0n) is 26.2. The Hall–Kier alpha value is -4.24. The standard InChI is InChI=1S/C31H40N4O10S/c1-30(2,3)45-29(39)33-18-13-31(14-19-33)12-6-16-34(46(42,43)26-9-5-4-8-24(26)35(40)41)17-7-15-32-27(36)23-20-22(28(37)38)10-11-25(23)44-21-31/h4-5,8-11,20H,6-7,12-19,21H2,1-3H3,(H,32,36)(H,37,38). The Labute approximate surface area is 267 Å². The summed E-state index contributed by atoms with van der Waals surface area (Å²) in [5.74, 6) is -1.58. The molecule has 2 aromatic rings. The van der Waals surface area contributed by atoms with Crippen LogP contribution >= 0.6 is 0 Å². The number of nitrogens with one attached hydrogen (secondary N) is 1. The largest absolute Gasteiger partial charge is 0.492 e. The first-order chi connectivity index (χ1) is 21.6. The fraction of sp³-hybridized carbons (Fsp3) is 0.516. The van der Waals surface area contributed by atoms with Crippen molar-refractivity contribution in [1.82, 2.24) is 14.5 Å². The number of nitrogens with zero attached hydrogens (tertiary/aromatic N) is 3. The topological polar surface area (TPSA) is 186 Å². The first kappa shape index (κ1) is 34.6. The molecule has 1 saturated heterocycles. The number of carbonyl (C=O) groups excluding carboxylic acids is 2. The molecule has 14 nitrogen and oxygen atoms in total. The van der Waals surface area contributed by atoms with E-state index in [0.717, 1.165) is 6.07 Å². The van der Waals surface area contributed by atoms with Crippen LogP contribution in [0.3, 0.4) is 0 Å². The fourth-order valence-electron chi connectivity index (χ4n) is 5.65. The van der Waals surface area contributed by atoms with Crippen molar-refractivity contribution in [2.75, 3.05) is 39.3 Å². The average Bonchev–Trinajstić information content (AvgIpc) is 3.00. The van der Waals surface area contributed by atoms with Crippen molar-refractivity contribution < 1.29 is 42.3 Å². The van der Waals surface area contributed by atoms with E-state index in [1.54, 1.807) is 25.7 Å². The number of ether oxygens (including phenoxy) is 2. The van der Waals surface area contributed by atoms with Crippen LogP contribution < -0.4 is 10.1 Å². The number of rotatable bonds is 4. The number of piperidine rings is 1. The second-order valence-electron chi connectivity index (χ2n) is 12.6. The van der Waals surface area contributed by atoms with Crippen molar-refractivity contribution >= 4 is 33.7 Å². The number of sulfonamides is 1. The molecule has 0 aliphatic carbocycles. The van der Waals surface area contributed by atoms with Gasteiger partial charge in [0.25, 0.3) is 11.6 Å². The number of nitro groups is 1. The van der Waals surface area contributed by atoms with Crippen molar-refractivity contribution in [3.63, 3.8) is 0 Å². The van der Waals surface area contributed by atoms with Crippen molar-refractivity contribution in [3.8, 4) is 5.75 Å². The molecule has 1 fully saturated rings. The van der Waals surface area contributed by atoms with Gasteiger partial charge in [0.2, 0.25) is 10.0 Å². The molecule has 0 radical (unpaired) electrons. The number of carboxylic acids is 1. The van der Waals surface area contributed by atoms with Crippen molar-refractivity contribution in [3.05, 3.63) is 63.7 Å². The molecule has 2 aromatic carbocycles. The van der Waals surface area contributed by atoms with Crippen LogP contribution in [-0.4, -0.2) is 90.6 Å². The maximum atomic E-state index is 13.8. The molecule has 4 rings (SSSR count). The van der Waals surface area contributed by atoms with E-state index in [4.69, 9.17) is 9.47 Å².